The van der Waals surface area contributed by atoms with Crippen LogP contribution in [0.4, 0.5) is 0 Å². The van der Waals surface area contributed by atoms with Gasteiger partial charge in [0.15, 0.2) is 12.1 Å². The lowest BCUT2D eigenvalue weighted by atomic mass is 10.1. The summed E-state index contributed by atoms with van der Waals surface area (Å²) in [6.45, 7) is 4.73. The summed E-state index contributed by atoms with van der Waals surface area (Å²) in [5, 5.41) is 9.59. The van der Waals surface area contributed by atoms with E-state index in [1.54, 1.807) is 0 Å². The highest BCUT2D eigenvalue weighted by atomic mass is 16.6. The summed E-state index contributed by atoms with van der Waals surface area (Å²) in [6.07, 6.45) is 35.3. The van der Waals surface area contributed by atoms with Crippen molar-refractivity contribution in [3.63, 3.8) is 0 Å². The molecule has 0 saturated carbocycles. The van der Waals surface area contributed by atoms with E-state index in [2.05, 4.69) is 26.0 Å². The van der Waals surface area contributed by atoms with Gasteiger partial charge >= 0.3 is 17.9 Å². The van der Waals surface area contributed by atoms with E-state index in [1.807, 2.05) is 21.1 Å². The first-order valence-electron chi connectivity index (χ1n) is 21.2. The average molecular weight is 725 g/mol. The van der Waals surface area contributed by atoms with Crippen LogP contribution >= 0.6 is 0 Å². The van der Waals surface area contributed by atoms with Crippen molar-refractivity contribution in [2.45, 2.75) is 206 Å². The summed E-state index contributed by atoms with van der Waals surface area (Å²) < 4.78 is 17.2. The number of aliphatic carboxylic acids is 1. The summed E-state index contributed by atoms with van der Waals surface area (Å²) in [5.41, 5.74) is 0. The first kappa shape index (κ1) is 49.1. The number of hydrogen-bond donors (Lipinski definition) is 1. The molecule has 51 heavy (non-hydrogen) atoms. The number of rotatable bonds is 38. The van der Waals surface area contributed by atoms with E-state index in [4.69, 9.17) is 14.2 Å². The topological polar surface area (TPSA) is 99.1 Å². The fourth-order valence-corrected chi connectivity index (χ4v) is 6.32. The van der Waals surface area contributed by atoms with Crippen LogP contribution in [-0.4, -0.2) is 80.6 Å². The second-order valence-electron chi connectivity index (χ2n) is 15.6. The van der Waals surface area contributed by atoms with Gasteiger partial charge in [-0.25, -0.2) is 4.79 Å². The Morgan fingerprint density at radius 2 is 0.980 bits per heavy atom. The van der Waals surface area contributed by atoms with Crippen LogP contribution in [0.15, 0.2) is 12.2 Å². The summed E-state index contributed by atoms with van der Waals surface area (Å²) in [7, 11) is 5.53. The molecule has 0 aliphatic heterocycles. The maximum Gasteiger partial charge on any atom is 0.362 e. The van der Waals surface area contributed by atoms with Gasteiger partial charge in [0.25, 0.3) is 0 Å². The Bertz CT molecular complexity index is 854. The molecule has 300 valence electrons. The molecule has 0 amide bonds. The number of carbonyl (C=O) groups excluding carboxylic acids is 2. The van der Waals surface area contributed by atoms with Crippen molar-refractivity contribution in [1.82, 2.24) is 0 Å². The number of nitrogens with zero attached hydrogens (tertiary/aromatic N) is 1. The van der Waals surface area contributed by atoms with Gasteiger partial charge in [-0.1, -0.05) is 148 Å². The van der Waals surface area contributed by atoms with Gasteiger partial charge in [-0.3, -0.25) is 9.59 Å². The van der Waals surface area contributed by atoms with Crippen molar-refractivity contribution in [3.05, 3.63) is 12.2 Å². The van der Waals surface area contributed by atoms with Gasteiger partial charge in [0, 0.05) is 19.3 Å². The molecule has 1 N–H and O–H groups in total. The van der Waals surface area contributed by atoms with E-state index in [1.165, 1.54) is 122 Å². The Morgan fingerprint density at radius 3 is 1.41 bits per heavy atom. The minimum absolute atomic E-state index is 0.0474. The predicted octanol–water partition coefficient (Wildman–Crippen LogP) is 11.1. The standard InChI is InChI=1S/C43H81NO7/c1-6-8-10-12-14-16-18-19-20-21-22-23-24-26-28-30-32-34-42(46)51-39(37-49-36-35-40(43(47)48)44(3,4)5)38-50-41(45)33-31-29-27-25-17-15-13-11-9-7-2/h19-20,39-40H,6-18,21-38H2,1-5H3/p+1/b20-19+. The van der Waals surface area contributed by atoms with E-state index in [0.29, 0.717) is 19.3 Å². The van der Waals surface area contributed by atoms with Crippen molar-refractivity contribution in [2.75, 3.05) is 41.0 Å². The molecule has 0 aromatic rings. The predicted molar refractivity (Wildman–Crippen MR) is 211 cm³/mol. The van der Waals surface area contributed by atoms with Gasteiger partial charge in [-0.15, -0.1) is 0 Å². The monoisotopic (exact) mass is 725 g/mol. The maximum atomic E-state index is 12.7. The van der Waals surface area contributed by atoms with E-state index in [0.717, 1.165) is 38.5 Å². The summed E-state index contributed by atoms with van der Waals surface area (Å²) in [5.74, 6) is -1.46. The van der Waals surface area contributed by atoms with Gasteiger partial charge in [-0.2, -0.15) is 0 Å². The van der Waals surface area contributed by atoms with Crippen LogP contribution in [0.3, 0.4) is 0 Å². The SMILES string of the molecule is CCCCCCCC/C=C/CCCCCCCCCC(=O)OC(COCCC(C(=O)O)[N+](C)(C)C)COC(=O)CCCCCCCCCCCC. The lowest BCUT2D eigenvalue weighted by molar-refractivity contribution is -0.887. The second kappa shape index (κ2) is 35.1. The third-order valence-corrected chi connectivity index (χ3v) is 9.66. The van der Waals surface area contributed by atoms with E-state index in [-0.39, 0.29) is 36.2 Å². The zero-order chi connectivity index (χ0) is 37.8. The van der Waals surface area contributed by atoms with Crippen molar-refractivity contribution in [2.24, 2.45) is 0 Å². The zero-order valence-electron chi connectivity index (χ0n) is 34.1. The minimum Gasteiger partial charge on any atom is -0.477 e. The van der Waals surface area contributed by atoms with Gasteiger partial charge in [0.05, 0.1) is 34.4 Å². The molecule has 0 fully saturated rings. The number of quaternary nitrogens is 1. The highest BCUT2D eigenvalue weighted by Gasteiger charge is 2.31. The number of likely N-dealkylation sites (N-methyl/N-ethyl adjacent to an activating group) is 1. The van der Waals surface area contributed by atoms with Crippen LogP contribution in [0.25, 0.3) is 0 Å². The van der Waals surface area contributed by atoms with Crippen molar-refractivity contribution >= 4 is 17.9 Å². The van der Waals surface area contributed by atoms with E-state index < -0.39 is 18.1 Å². The number of allylic oxidation sites excluding steroid dienone is 2. The quantitative estimate of drug-likeness (QED) is 0.0293. The highest BCUT2D eigenvalue weighted by molar-refractivity contribution is 5.72. The lowest BCUT2D eigenvalue weighted by Gasteiger charge is -2.31. The number of carbonyl (C=O) groups is 3. The summed E-state index contributed by atoms with van der Waals surface area (Å²) in [6, 6.07) is -0.610. The van der Waals surface area contributed by atoms with Gasteiger partial charge < -0.3 is 23.8 Å². The molecular weight excluding hydrogens is 642 g/mol. The summed E-state index contributed by atoms with van der Waals surface area (Å²) in [4.78, 5) is 36.8. The van der Waals surface area contributed by atoms with Crippen LogP contribution < -0.4 is 0 Å². The van der Waals surface area contributed by atoms with Crippen LogP contribution in [0.5, 0.6) is 0 Å². The number of unbranched alkanes of at least 4 members (excludes halogenated alkanes) is 22. The molecule has 0 aliphatic carbocycles. The smallest absolute Gasteiger partial charge is 0.362 e. The van der Waals surface area contributed by atoms with Crippen LogP contribution in [0, 0.1) is 0 Å². The van der Waals surface area contributed by atoms with E-state index in [9.17, 15) is 19.5 Å². The van der Waals surface area contributed by atoms with E-state index >= 15 is 0 Å². The maximum absolute atomic E-state index is 12.7. The van der Waals surface area contributed by atoms with Crippen LogP contribution in [-0.2, 0) is 28.6 Å². The molecule has 0 aromatic carbocycles. The molecular formula is C43H82NO7+. The molecule has 0 saturated heterocycles. The number of ether oxygens (including phenoxy) is 3. The molecule has 0 bridgehead atoms. The lowest BCUT2D eigenvalue weighted by Crippen LogP contribution is -2.50. The Morgan fingerprint density at radius 1 is 0.569 bits per heavy atom. The highest BCUT2D eigenvalue weighted by Crippen LogP contribution is 2.14. The second-order valence-corrected chi connectivity index (χ2v) is 15.6. The number of hydrogen-bond acceptors (Lipinski definition) is 6. The number of carboxylic acids is 1. The van der Waals surface area contributed by atoms with Crippen LogP contribution in [0.2, 0.25) is 0 Å². The summed E-state index contributed by atoms with van der Waals surface area (Å²) >= 11 is 0. The Hall–Kier alpha value is -1.93. The molecule has 0 heterocycles. The van der Waals surface area contributed by atoms with Gasteiger partial charge in [-0.05, 0) is 38.5 Å². The van der Waals surface area contributed by atoms with Crippen molar-refractivity contribution in [3.8, 4) is 0 Å². The molecule has 8 heteroatoms. The largest absolute Gasteiger partial charge is 0.477 e. The average Bonchev–Trinajstić information content (AvgIpc) is 3.08. The van der Waals surface area contributed by atoms with Crippen molar-refractivity contribution < 1.29 is 38.2 Å². The Balaban J connectivity index is 4.32. The molecule has 8 nitrogen and oxygen atoms in total. The third-order valence-electron chi connectivity index (χ3n) is 9.66. The molecule has 2 atom stereocenters. The first-order valence-corrected chi connectivity index (χ1v) is 21.2. The zero-order valence-corrected chi connectivity index (χ0v) is 34.1. The normalized spacial score (nSPS) is 13.0. The molecule has 0 spiro atoms. The minimum atomic E-state index is -0.874. The fourth-order valence-electron chi connectivity index (χ4n) is 6.32. The Kier molecular flexibility index (Phi) is 33.8. The molecule has 0 aliphatic rings. The molecule has 0 rings (SSSR count). The number of carboxylic acid groups (broad SMARTS) is 1. The molecule has 0 aromatic heterocycles. The third kappa shape index (κ3) is 33.6. The number of esters is 2. The first-order chi connectivity index (χ1) is 24.6. The molecule has 2 unspecified atom stereocenters. The molecule has 0 radical (unpaired) electrons. The van der Waals surface area contributed by atoms with Crippen LogP contribution in [0.1, 0.15) is 194 Å². The van der Waals surface area contributed by atoms with Gasteiger partial charge in [0.1, 0.15) is 6.61 Å². The van der Waals surface area contributed by atoms with Gasteiger partial charge in [0.2, 0.25) is 0 Å². The van der Waals surface area contributed by atoms with Crippen molar-refractivity contribution in [1.29, 1.82) is 0 Å². The fraction of sp³-hybridized carbons (Fsp3) is 0.884. The Labute approximate surface area is 314 Å².